The average molecular weight is 319 g/mol. The topological polar surface area (TPSA) is 32.7 Å². The minimum Gasteiger partial charge on any atom is -0.393 e. The SMILES string of the molecule is C[C@@H]1CC[C@@H](C(C)(C)N2C[C@]34C=C[C@H](C[C@@]3(C)[C@H]2C)O4)[C@H](O)C1. The van der Waals surface area contributed by atoms with Gasteiger partial charge in [0.25, 0.3) is 0 Å². The molecule has 2 saturated heterocycles. The number of rotatable bonds is 2. The lowest BCUT2D eigenvalue weighted by Crippen LogP contribution is -2.57. The van der Waals surface area contributed by atoms with Crippen LogP contribution in [0.15, 0.2) is 12.2 Å². The fourth-order valence-corrected chi connectivity index (χ4v) is 6.26. The van der Waals surface area contributed by atoms with E-state index in [9.17, 15) is 5.11 Å². The predicted molar refractivity (Wildman–Crippen MR) is 92.2 cm³/mol. The molecule has 0 aromatic heterocycles. The largest absolute Gasteiger partial charge is 0.393 e. The van der Waals surface area contributed by atoms with Gasteiger partial charge in [-0.3, -0.25) is 4.90 Å². The van der Waals surface area contributed by atoms with Crippen molar-refractivity contribution in [2.24, 2.45) is 17.3 Å². The first-order valence-electron chi connectivity index (χ1n) is 9.52. The van der Waals surface area contributed by atoms with Gasteiger partial charge in [-0.2, -0.15) is 0 Å². The van der Waals surface area contributed by atoms with Crippen molar-refractivity contribution in [1.82, 2.24) is 4.90 Å². The second kappa shape index (κ2) is 4.83. The number of fused-ring (bicyclic) bond motifs is 1. The average Bonchev–Trinajstić information content (AvgIpc) is 3.05. The van der Waals surface area contributed by atoms with Crippen LogP contribution in [0.25, 0.3) is 0 Å². The molecule has 2 bridgehead atoms. The van der Waals surface area contributed by atoms with Crippen LogP contribution in [-0.2, 0) is 4.74 Å². The fraction of sp³-hybridized carbons (Fsp3) is 0.900. The summed E-state index contributed by atoms with van der Waals surface area (Å²) in [7, 11) is 0. The van der Waals surface area contributed by atoms with Crippen molar-refractivity contribution >= 4 is 0 Å². The molecule has 130 valence electrons. The molecule has 3 fully saturated rings. The zero-order valence-electron chi connectivity index (χ0n) is 15.4. The molecule has 7 atom stereocenters. The highest BCUT2D eigenvalue weighted by molar-refractivity contribution is 5.31. The van der Waals surface area contributed by atoms with E-state index in [1.807, 2.05) is 0 Å². The number of likely N-dealkylation sites (tertiary alicyclic amines) is 1. The lowest BCUT2D eigenvalue weighted by atomic mass is 9.68. The Hall–Kier alpha value is -0.380. The Kier molecular flexibility index (Phi) is 3.38. The first kappa shape index (κ1) is 16.1. The molecule has 0 unspecified atom stereocenters. The van der Waals surface area contributed by atoms with Gasteiger partial charge in [0.2, 0.25) is 0 Å². The van der Waals surface area contributed by atoms with Gasteiger partial charge in [-0.15, -0.1) is 0 Å². The van der Waals surface area contributed by atoms with Crippen molar-refractivity contribution in [3.05, 3.63) is 12.2 Å². The van der Waals surface area contributed by atoms with Crippen molar-refractivity contribution in [1.29, 1.82) is 0 Å². The Morgan fingerprint density at radius 1 is 1.26 bits per heavy atom. The normalized spacial score (nSPS) is 53.0. The molecule has 1 N–H and O–H groups in total. The second-order valence-electron chi connectivity index (χ2n) is 9.58. The molecule has 3 heterocycles. The summed E-state index contributed by atoms with van der Waals surface area (Å²) in [6, 6.07) is 0.485. The minimum atomic E-state index is -0.167. The highest BCUT2D eigenvalue weighted by Gasteiger charge is 2.68. The zero-order chi connectivity index (χ0) is 16.6. The molecule has 1 spiro atoms. The Morgan fingerprint density at radius 3 is 2.61 bits per heavy atom. The maximum absolute atomic E-state index is 10.7. The summed E-state index contributed by atoms with van der Waals surface area (Å²) < 4.78 is 6.40. The van der Waals surface area contributed by atoms with Crippen molar-refractivity contribution in [3.63, 3.8) is 0 Å². The van der Waals surface area contributed by atoms with Crippen LogP contribution in [0.1, 0.15) is 60.3 Å². The van der Waals surface area contributed by atoms with E-state index in [4.69, 9.17) is 4.74 Å². The van der Waals surface area contributed by atoms with Crippen molar-refractivity contribution in [2.75, 3.05) is 6.54 Å². The summed E-state index contributed by atoms with van der Waals surface area (Å²) in [5, 5.41) is 10.7. The van der Waals surface area contributed by atoms with Crippen molar-refractivity contribution in [2.45, 2.75) is 89.7 Å². The van der Waals surface area contributed by atoms with Crippen LogP contribution in [-0.4, -0.2) is 45.9 Å². The summed E-state index contributed by atoms with van der Waals surface area (Å²) in [6.45, 7) is 12.7. The summed E-state index contributed by atoms with van der Waals surface area (Å²) in [5.74, 6) is 1.02. The second-order valence-corrected chi connectivity index (χ2v) is 9.58. The Labute approximate surface area is 141 Å². The maximum Gasteiger partial charge on any atom is 0.107 e. The number of hydrogen-bond acceptors (Lipinski definition) is 3. The van der Waals surface area contributed by atoms with E-state index in [-0.39, 0.29) is 22.7 Å². The molecule has 3 nitrogen and oxygen atoms in total. The summed E-state index contributed by atoms with van der Waals surface area (Å²) >= 11 is 0. The summed E-state index contributed by atoms with van der Waals surface area (Å²) in [5.41, 5.74) is 0.119. The molecule has 0 aromatic carbocycles. The van der Waals surface area contributed by atoms with Crippen molar-refractivity contribution < 1.29 is 9.84 Å². The van der Waals surface area contributed by atoms with E-state index < -0.39 is 0 Å². The monoisotopic (exact) mass is 319 g/mol. The third-order valence-electron chi connectivity index (χ3n) is 8.05. The summed E-state index contributed by atoms with van der Waals surface area (Å²) in [4.78, 5) is 2.66. The maximum atomic E-state index is 10.7. The molecular formula is C20H33NO2. The van der Waals surface area contributed by atoms with Gasteiger partial charge in [0, 0.05) is 29.5 Å². The van der Waals surface area contributed by atoms with Crippen LogP contribution >= 0.6 is 0 Å². The quantitative estimate of drug-likeness (QED) is 0.792. The first-order chi connectivity index (χ1) is 10.7. The zero-order valence-corrected chi connectivity index (χ0v) is 15.4. The van der Waals surface area contributed by atoms with Crippen LogP contribution in [0.3, 0.4) is 0 Å². The number of aliphatic hydroxyl groups excluding tert-OH is 1. The molecule has 1 aliphatic carbocycles. The number of aliphatic hydroxyl groups is 1. The van der Waals surface area contributed by atoms with Crippen molar-refractivity contribution in [3.8, 4) is 0 Å². The van der Waals surface area contributed by atoms with Crippen LogP contribution < -0.4 is 0 Å². The third-order valence-corrected chi connectivity index (χ3v) is 8.05. The number of nitrogens with zero attached hydrogens (tertiary/aromatic N) is 1. The van der Waals surface area contributed by atoms with E-state index in [1.165, 1.54) is 6.42 Å². The van der Waals surface area contributed by atoms with E-state index in [0.717, 1.165) is 25.8 Å². The standard InChI is InChI=1S/C20H33NO2/c1-13-6-7-16(17(22)10-13)18(3,4)21-12-20-9-8-15(23-20)11-19(20,5)14(21)2/h8-9,13-17,22H,6-7,10-12H2,1-5H3/t13-,14-,15-,16-,17-,19+,20-/m1/s1. The van der Waals surface area contributed by atoms with Gasteiger partial charge in [0.1, 0.15) is 5.60 Å². The molecule has 23 heavy (non-hydrogen) atoms. The highest BCUT2D eigenvalue weighted by atomic mass is 16.5. The van der Waals surface area contributed by atoms with Gasteiger partial charge in [-0.1, -0.05) is 32.4 Å². The Balaban J connectivity index is 1.62. The molecule has 1 saturated carbocycles. The molecule has 0 radical (unpaired) electrons. The molecule has 4 aliphatic rings. The lowest BCUT2D eigenvalue weighted by Gasteiger charge is -2.49. The van der Waals surface area contributed by atoms with Gasteiger partial charge >= 0.3 is 0 Å². The first-order valence-corrected chi connectivity index (χ1v) is 9.52. The van der Waals surface area contributed by atoms with E-state index in [2.05, 4.69) is 51.7 Å². The van der Waals surface area contributed by atoms with Crippen LogP contribution in [0.4, 0.5) is 0 Å². The van der Waals surface area contributed by atoms with Gasteiger partial charge in [0.15, 0.2) is 0 Å². The molecular weight excluding hydrogens is 286 g/mol. The Morgan fingerprint density at radius 2 is 2.00 bits per heavy atom. The molecule has 0 amide bonds. The molecule has 3 heteroatoms. The fourth-order valence-electron chi connectivity index (χ4n) is 6.26. The van der Waals surface area contributed by atoms with Gasteiger partial charge in [-0.05, 0) is 46.0 Å². The van der Waals surface area contributed by atoms with Crippen LogP contribution in [0, 0.1) is 17.3 Å². The van der Waals surface area contributed by atoms with Gasteiger partial charge in [0.05, 0.1) is 12.2 Å². The van der Waals surface area contributed by atoms with E-state index in [0.29, 0.717) is 24.0 Å². The van der Waals surface area contributed by atoms with E-state index in [1.54, 1.807) is 0 Å². The van der Waals surface area contributed by atoms with Crippen LogP contribution in [0.2, 0.25) is 0 Å². The lowest BCUT2D eigenvalue weighted by molar-refractivity contribution is -0.0602. The molecule has 3 aliphatic heterocycles. The smallest absolute Gasteiger partial charge is 0.107 e. The Bertz CT molecular complexity index is 530. The number of hydrogen-bond donors (Lipinski definition) is 1. The van der Waals surface area contributed by atoms with Gasteiger partial charge in [-0.25, -0.2) is 0 Å². The van der Waals surface area contributed by atoms with Gasteiger partial charge < -0.3 is 9.84 Å². The summed E-state index contributed by atoms with van der Waals surface area (Å²) in [6.07, 6.45) is 9.25. The molecule has 0 aromatic rings. The predicted octanol–water partition coefficient (Wildman–Crippen LogP) is 3.37. The third kappa shape index (κ3) is 1.99. The minimum absolute atomic E-state index is 0.0103. The van der Waals surface area contributed by atoms with Crippen LogP contribution in [0.5, 0.6) is 0 Å². The molecule has 4 rings (SSSR count). The number of ether oxygens (including phenoxy) is 1. The highest BCUT2D eigenvalue weighted by Crippen LogP contribution is 2.61. The van der Waals surface area contributed by atoms with E-state index >= 15 is 0 Å².